The van der Waals surface area contributed by atoms with Crippen LogP contribution in [-0.2, 0) is 14.6 Å². The van der Waals surface area contributed by atoms with Gasteiger partial charge >= 0.3 is 0 Å². The van der Waals surface area contributed by atoms with Gasteiger partial charge < -0.3 is 4.90 Å². The Morgan fingerprint density at radius 3 is 2.00 bits per heavy atom. The molecule has 0 radical (unpaired) electrons. The zero-order valence-corrected chi connectivity index (χ0v) is 12.3. The maximum atomic E-state index is 12.7. The first kappa shape index (κ1) is 13.8. The van der Waals surface area contributed by atoms with Crippen LogP contribution in [0.5, 0.6) is 0 Å². The highest BCUT2D eigenvalue weighted by molar-refractivity contribution is 7.93. The first-order valence-corrected chi connectivity index (χ1v) is 8.18. The van der Waals surface area contributed by atoms with Crippen LogP contribution in [0.4, 0.5) is 0 Å². The number of rotatable bonds is 3. The number of β-lactam (4-membered cyclic amide) rings is 1. The molecule has 4 nitrogen and oxygen atoms in total. The van der Waals surface area contributed by atoms with E-state index in [1.54, 1.807) is 25.2 Å². The molecule has 1 heterocycles. The van der Waals surface area contributed by atoms with E-state index in [2.05, 4.69) is 0 Å². The van der Waals surface area contributed by atoms with E-state index in [1.807, 2.05) is 30.3 Å². The average Bonchev–Trinajstić information content (AvgIpc) is 2.53. The van der Waals surface area contributed by atoms with Crippen molar-refractivity contribution in [2.24, 2.45) is 0 Å². The highest BCUT2D eigenvalue weighted by Crippen LogP contribution is 2.40. The number of amides is 1. The van der Waals surface area contributed by atoms with Crippen molar-refractivity contribution in [1.82, 2.24) is 4.90 Å². The van der Waals surface area contributed by atoms with E-state index in [9.17, 15) is 13.2 Å². The summed E-state index contributed by atoms with van der Waals surface area (Å²) in [6.07, 6.45) is 0. The van der Waals surface area contributed by atoms with E-state index in [1.165, 1.54) is 17.0 Å². The third kappa shape index (κ3) is 2.14. The normalized spacial score (nSPS) is 22.0. The van der Waals surface area contributed by atoms with Crippen molar-refractivity contribution >= 4 is 15.7 Å². The van der Waals surface area contributed by atoms with Crippen molar-refractivity contribution in [3.05, 3.63) is 66.2 Å². The molecular weight excluding hydrogens is 286 g/mol. The second-order valence-electron chi connectivity index (χ2n) is 5.08. The Morgan fingerprint density at radius 2 is 1.43 bits per heavy atom. The average molecular weight is 301 g/mol. The van der Waals surface area contributed by atoms with Gasteiger partial charge in [0.05, 0.1) is 10.9 Å². The number of nitrogens with zero attached hydrogens (tertiary/aromatic N) is 1. The van der Waals surface area contributed by atoms with E-state index in [-0.39, 0.29) is 10.8 Å². The molecule has 0 N–H and O–H groups in total. The third-order valence-electron chi connectivity index (χ3n) is 3.84. The Kier molecular flexibility index (Phi) is 3.29. The van der Waals surface area contributed by atoms with Crippen LogP contribution < -0.4 is 0 Å². The summed E-state index contributed by atoms with van der Waals surface area (Å²) in [5, 5.41) is -1.03. The predicted molar refractivity (Wildman–Crippen MR) is 79.4 cm³/mol. The first-order chi connectivity index (χ1) is 10.0. The predicted octanol–water partition coefficient (Wildman–Crippen LogP) is 2.04. The summed E-state index contributed by atoms with van der Waals surface area (Å²) in [7, 11) is -2.04. The van der Waals surface area contributed by atoms with Gasteiger partial charge in [-0.25, -0.2) is 8.42 Å². The fraction of sp³-hybridized carbons (Fsp3) is 0.188. The quantitative estimate of drug-likeness (QED) is 0.815. The number of benzene rings is 2. The van der Waals surface area contributed by atoms with Crippen LogP contribution in [0.15, 0.2) is 65.6 Å². The largest absolute Gasteiger partial charge is 0.336 e. The molecule has 0 aromatic heterocycles. The van der Waals surface area contributed by atoms with Crippen molar-refractivity contribution in [3.8, 4) is 0 Å². The van der Waals surface area contributed by atoms with Crippen LogP contribution >= 0.6 is 0 Å². The van der Waals surface area contributed by atoms with Gasteiger partial charge in [-0.2, -0.15) is 0 Å². The van der Waals surface area contributed by atoms with Gasteiger partial charge in [0, 0.05) is 7.05 Å². The monoisotopic (exact) mass is 301 g/mol. The molecule has 21 heavy (non-hydrogen) atoms. The number of sulfone groups is 1. The summed E-state index contributed by atoms with van der Waals surface area (Å²) in [4.78, 5) is 13.8. The lowest BCUT2D eigenvalue weighted by Gasteiger charge is -2.44. The zero-order valence-electron chi connectivity index (χ0n) is 11.5. The molecule has 0 spiro atoms. The Bertz CT molecular complexity index is 757. The van der Waals surface area contributed by atoms with Gasteiger partial charge in [0.15, 0.2) is 15.1 Å². The van der Waals surface area contributed by atoms with E-state index < -0.39 is 21.1 Å². The number of carbonyl (C=O) groups is 1. The topological polar surface area (TPSA) is 54.5 Å². The standard InChI is InChI=1S/C16H15NO3S/c1-17-14(12-8-4-2-5-9-12)15(16(17)18)21(19,20)13-10-6-3-7-11-13/h2-11,14-15H,1H3/t14-,15-/m0/s1. The lowest BCUT2D eigenvalue weighted by molar-refractivity contribution is -0.142. The highest BCUT2D eigenvalue weighted by Gasteiger charge is 2.53. The second kappa shape index (κ2) is 5.00. The minimum Gasteiger partial charge on any atom is -0.336 e. The van der Waals surface area contributed by atoms with Crippen molar-refractivity contribution in [2.45, 2.75) is 16.2 Å². The molecule has 5 heteroatoms. The van der Waals surface area contributed by atoms with Crippen molar-refractivity contribution in [1.29, 1.82) is 0 Å². The Morgan fingerprint density at radius 1 is 0.905 bits per heavy atom. The SMILES string of the molecule is CN1C(=O)[C@@H](S(=O)(=O)c2ccccc2)[C@@H]1c1ccccc1. The van der Waals surface area contributed by atoms with E-state index >= 15 is 0 Å². The molecule has 1 saturated heterocycles. The molecule has 1 amide bonds. The molecule has 1 aliphatic rings. The van der Waals surface area contributed by atoms with Crippen LogP contribution in [0.1, 0.15) is 11.6 Å². The van der Waals surface area contributed by atoms with Gasteiger partial charge in [-0.3, -0.25) is 4.79 Å². The van der Waals surface area contributed by atoms with E-state index in [0.29, 0.717) is 0 Å². The van der Waals surface area contributed by atoms with Gasteiger partial charge in [-0.1, -0.05) is 48.5 Å². The highest BCUT2D eigenvalue weighted by atomic mass is 32.2. The van der Waals surface area contributed by atoms with Crippen molar-refractivity contribution in [2.75, 3.05) is 7.05 Å². The molecular formula is C16H15NO3S. The summed E-state index contributed by atoms with van der Waals surface area (Å²) >= 11 is 0. The Labute approximate surface area is 123 Å². The molecule has 0 saturated carbocycles. The van der Waals surface area contributed by atoms with Gasteiger partial charge in [-0.05, 0) is 17.7 Å². The smallest absolute Gasteiger partial charge is 0.244 e. The summed E-state index contributed by atoms with van der Waals surface area (Å²) in [6, 6.07) is 17.0. The molecule has 2 aromatic rings. The molecule has 1 aliphatic heterocycles. The number of hydrogen-bond acceptors (Lipinski definition) is 3. The molecule has 1 fully saturated rings. The Hall–Kier alpha value is -2.14. The van der Waals surface area contributed by atoms with Gasteiger partial charge in [-0.15, -0.1) is 0 Å². The van der Waals surface area contributed by atoms with Crippen molar-refractivity contribution in [3.63, 3.8) is 0 Å². The van der Waals surface area contributed by atoms with Gasteiger partial charge in [0.1, 0.15) is 0 Å². The molecule has 2 aromatic carbocycles. The van der Waals surface area contributed by atoms with Gasteiger partial charge in [0.25, 0.3) is 0 Å². The lowest BCUT2D eigenvalue weighted by atomic mass is 9.94. The van der Waals surface area contributed by atoms with Gasteiger partial charge in [0.2, 0.25) is 5.91 Å². The fourth-order valence-electron chi connectivity index (χ4n) is 2.70. The minimum atomic E-state index is -3.67. The lowest BCUT2D eigenvalue weighted by Crippen LogP contribution is -2.59. The van der Waals surface area contributed by atoms with Crippen LogP contribution in [-0.4, -0.2) is 31.5 Å². The summed E-state index contributed by atoms with van der Waals surface area (Å²) in [6.45, 7) is 0. The molecule has 3 rings (SSSR count). The summed E-state index contributed by atoms with van der Waals surface area (Å²) < 4.78 is 25.4. The molecule has 108 valence electrons. The Balaban J connectivity index is 2.03. The van der Waals surface area contributed by atoms with E-state index in [4.69, 9.17) is 0 Å². The van der Waals surface area contributed by atoms with E-state index in [0.717, 1.165) is 5.56 Å². The maximum Gasteiger partial charge on any atom is 0.244 e. The number of likely N-dealkylation sites (tertiary alicyclic amines) is 1. The molecule has 0 bridgehead atoms. The molecule has 2 atom stereocenters. The van der Waals surface area contributed by atoms with Crippen LogP contribution in [0.2, 0.25) is 0 Å². The van der Waals surface area contributed by atoms with Crippen LogP contribution in [0.3, 0.4) is 0 Å². The van der Waals surface area contributed by atoms with Crippen LogP contribution in [0.25, 0.3) is 0 Å². The summed E-state index contributed by atoms with van der Waals surface area (Å²) in [5.41, 5.74) is 0.837. The molecule has 0 unspecified atom stereocenters. The first-order valence-electron chi connectivity index (χ1n) is 6.64. The number of hydrogen-bond donors (Lipinski definition) is 0. The third-order valence-corrected chi connectivity index (χ3v) is 5.90. The number of carbonyl (C=O) groups excluding carboxylic acids is 1. The van der Waals surface area contributed by atoms with Crippen molar-refractivity contribution < 1.29 is 13.2 Å². The maximum absolute atomic E-state index is 12.7. The van der Waals surface area contributed by atoms with Crippen LogP contribution in [0, 0.1) is 0 Å². The second-order valence-corrected chi connectivity index (χ2v) is 7.15. The zero-order chi connectivity index (χ0) is 15.0. The molecule has 0 aliphatic carbocycles. The minimum absolute atomic E-state index is 0.192. The summed E-state index contributed by atoms with van der Waals surface area (Å²) in [5.74, 6) is -0.354. The fourth-order valence-corrected chi connectivity index (χ4v) is 4.64.